The molecule has 0 bridgehead atoms. The van der Waals surface area contributed by atoms with Gasteiger partial charge in [-0.2, -0.15) is 5.10 Å². The van der Waals surface area contributed by atoms with Gasteiger partial charge in [-0.1, -0.05) is 0 Å². The summed E-state index contributed by atoms with van der Waals surface area (Å²) in [5.74, 6) is 5.01. The Morgan fingerprint density at radius 2 is 2.56 bits per heavy atom. The second-order valence-electron chi connectivity index (χ2n) is 1.67. The van der Waals surface area contributed by atoms with Crippen molar-refractivity contribution in [2.45, 2.75) is 0 Å². The standard InChI is InChI=1S/C5H8N4/c1-9-3-2-7-4-5(9)8-6/h2-4H,6H2,1H3. The van der Waals surface area contributed by atoms with Gasteiger partial charge in [0.15, 0.2) is 5.49 Å². The number of rotatable bonds is 0. The molecule has 0 saturated carbocycles. The van der Waals surface area contributed by atoms with Crippen LogP contribution in [0.15, 0.2) is 23.7 Å². The zero-order valence-electron chi connectivity index (χ0n) is 5.15. The fraction of sp³-hybridized carbons (Fsp3) is 0.200. The minimum absolute atomic E-state index is 0.664. The summed E-state index contributed by atoms with van der Waals surface area (Å²) in [5, 5.41) is 3.47. The first kappa shape index (κ1) is 5.81. The van der Waals surface area contributed by atoms with Crippen molar-refractivity contribution >= 4 is 0 Å². The average molecular weight is 124 g/mol. The normalized spacial score (nSPS) is 11.9. The van der Waals surface area contributed by atoms with Gasteiger partial charge < -0.3 is 10.4 Å². The molecule has 0 aliphatic carbocycles. The van der Waals surface area contributed by atoms with Crippen LogP contribution in [0.25, 0.3) is 0 Å². The van der Waals surface area contributed by atoms with Crippen molar-refractivity contribution in [3.63, 3.8) is 0 Å². The van der Waals surface area contributed by atoms with Crippen LogP contribution in [-0.2, 0) is 7.05 Å². The lowest BCUT2D eigenvalue weighted by atomic mass is 10.7. The molecule has 0 aliphatic rings. The summed E-state index contributed by atoms with van der Waals surface area (Å²) in [7, 11) is 1.85. The van der Waals surface area contributed by atoms with Crippen molar-refractivity contribution in [1.29, 1.82) is 0 Å². The molecule has 48 valence electrons. The molecule has 0 aromatic carbocycles. The van der Waals surface area contributed by atoms with E-state index in [1.807, 2.05) is 7.05 Å². The molecular formula is C5H8N4. The number of nitrogens with two attached hydrogens (primary N) is 1. The maximum atomic E-state index is 5.01. The molecule has 0 amide bonds. The van der Waals surface area contributed by atoms with Crippen LogP contribution in [0.5, 0.6) is 0 Å². The number of nitrogens with zero attached hydrogens (tertiary/aromatic N) is 3. The lowest BCUT2D eigenvalue weighted by molar-refractivity contribution is 0.798. The molecule has 1 aromatic heterocycles. The van der Waals surface area contributed by atoms with Gasteiger partial charge in [-0.3, -0.25) is 4.98 Å². The SMILES string of the molecule is Cn1ccncc1=NN. The molecule has 0 saturated heterocycles. The maximum absolute atomic E-state index is 5.01. The summed E-state index contributed by atoms with van der Waals surface area (Å²) in [6.45, 7) is 0. The molecule has 0 unspecified atom stereocenters. The number of hydrogen-bond donors (Lipinski definition) is 1. The monoisotopic (exact) mass is 124 g/mol. The van der Waals surface area contributed by atoms with Crippen molar-refractivity contribution in [2.75, 3.05) is 0 Å². The molecule has 1 rings (SSSR count). The Morgan fingerprint density at radius 1 is 1.78 bits per heavy atom. The van der Waals surface area contributed by atoms with E-state index in [4.69, 9.17) is 5.84 Å². The van der Waals surface area contributed by atoms with Crippen LogP contribution in [0, 0.1) is 0 Å². The summed E-state index contributed by atoms with van der Waals surface area (Å²) in [6, 6.07) is 0. The highest BCUT2D eigenvalue weighted by Gasteiger charge is 1.80. The third-order valence-corrected chi connectivity index (χ3v) is 1.06. The summed E-state index contributed by atoms with van der Waals surface area (Å²) in [5.41, 5.74) is 0.664. The number of hydrogen-bond acceptors (Lipinski definition) is 3. The predicted octanol–water partition coefficient (Wildman–Crippen LogP) is -0.806. The molecular weight excluding hydrogens is 116 g/mol. The van der Waals surface area contributed by atoms with Gasteiger partial charge in [0.25, 0.3) is 0 Å². The fourth-order valence-corrected chi connectivity index (χ4v) is 0.540. The van der Waals surface area contributed by atoms with E-state index in [9.17, 15) is 0 Å². The van der Waals surface area contributed by atoms with E-state index in [-0.39, 0.29) is 0 Å². The number of aryl methyl sites for hydroxylation is 1. The Hall–Kier alpha value is -1.32. The van der Waals surface area contributed by atoms with Crippen LogP contribution in [-0.4, -0.2) is 9.55 Å². The molecule has 2 N–H and O–H groups in total. The Labute approximate surface area is 52.7 Å². The summed E-state index contributed by atoms with van der Waals surface area (Å²) >= 11 is 0. The third-order valence-electron chi connectivity index (χ3n) is 1.06. The molecule has 0 spiro atoms. The molecule has 0 aliphatic heterocycles. The van der Waals surface area contributed by atoms with E-state index >= 15 is 0 Å². The Morgan fingerprint density at radius 3 is 3.00 bits per heavy atom. The second-order valence-corrected chi connectivity index (χ2v) is 1.67. The fourth-order valence-electron chi connectivity index (χ4n) is 0.540. The van der Waals surface area contributed by atoms with E-state index in [1.54, 1.807) is 23.2 Å². The molecule has 0 fully saturated rings. The Kier molecular flexibility index (Phi) is 1.48. The molecule has 4 nitrogen and oxygen atoms in total. The molecule has 4 heteroatoms. The van der Waals surface area contributed by atoms with Gasteiger partial charge in [-0.05, 0) is 0 Å². The van der Waals surface area contributed by atoms with Crippen LogP contribution in [0.1, 0.15) is 0 Å². The quantitative estimate of drug-likeness (QED) is 0.363. The Balaban J connectivity index is 3.33. The van der Waals surface area contributed by atoms with Crippen molar-refractivity contribution in [3.05, 3.63) is 24.1 Å². The van der Waals surface area contributed by atoms with E-state index in [0.717, 1.165) is 0 Å². The van der Waals surface area contributed by atoms with Gasteiger partial charge in [0.1, 0.15) is 0 Å². The van der Waals surface area contributed by atoms with Crippen LogP contribution >= 0.6 is 0 Å². The molecule has 9 heavy (non-hydrogen) atoms. The lowest BCUT2D eigenvalue weighted by Crippen LogP contribution is -2.18. The first-order valence-corrected chi connectivity index (χ1v) is 2.55. The smallest absolute Gasteiger partial charge is 0.170 e. The molecule has 0 radical (unpaired) electrons. The molecule has 1 heterocycles. The Bertz CT molecular complexity index is 249. The molecule has 1 aromatic rings. The van der Waals surface area contributed by atoms with E-state index in [0.29, 0.717) is 5.49 Å². The van der Waals surface area contributed by atoms with Crippen molar-refractivity contribution in [2.24, 2.45) is 18.0 Å². The second kappa shape index (κ2) is 2.30. The zero-order chi connectivity index (χ0) is 6.69. The highest BCUT2D eigenvalue weighted by molar-refractivity contribution is 4.76. The largest absolute Gasteiger partial charge is 0.332 e. The van der Waals surface area contributed by atoms with Gasteiger partial charge in [0, 0.05) is 19.4 Å². The van der Waals surface area contributed by atoms with E-state index < -0.39 is 0 Å². The van der Waals surface area contributed by atoms with Gasteiger partial charge >= 0.3 is 0 Å². The summed E-state index contributed by atoms with van der Waals surface area (Å²) in [4.78, 5) is 3.82. The third kappa shape index (κ3) is 1.07. The van der Waals surface area contributed by atoms with Crippen LogP contribution in [0.4, 0.5) is 0 Å². The van der Waals surface area contributed by atoms with Gasteiger partial charge in [0.05, 0.1) is 6.20 Å². The maximum Gasteiger partial charge on any atom is 0.170 e. The minimum Gasteiger partial charge on any atom is -0.332 e. The zero-order valence-corrected chi connectivity index (χ0v) is 5.15. The minimum atomic E-state index is 0.664. The van der Waals surface area contributed by atoms with Crippen molar-refractivity contribution in [1.82, 2.24) is 9.55 Å². The summed E-state index contributed by atoms with van der Waals surface area (Å²) in [6.07, 6.45) is 5.06. The summed E-state index contributed by atoms with van der Waals surface area (Å²) < 4.78 is 1.78. The van der Waals surface area contributed by atoms with Crippen LogP contribution in [0.2, 0.25) is 0 Å². The van der Waals surface area contributed by atoms with Gasteiger partial charge in [-0.15, -0.1) is 0 Å². The first-order valence-electron chi connectivity index (χ1n) is 2.55. The van der Waals surface area contributed by atoms with Gasteiger partial charge in [-0.25, -0.2) is 0 Å². The van der Waals surface area contributed by atoms with Gasteiger partial charge in [0.2, 0.25) is 0 Å². The predicted molar refractivity (Wildman–Crippen MR) is 33.0 cm³/mol. The average Bonchev–Trinajstić information content (AvgIpc) is 1.89. The van der Waals surface area contributed by atoms with Crippen molar-refractivity contribution in [3.8, 4) is 0 Å². The van der Waals surface area contributed by atoms with E-state index in [2.05, 4.69) is 10.1 Å². The molecule has 0 atom stereocenters. The first-order chi connectivity index (χ1) is 4.34. The lowest BCUT2D eigenvalue weighted by Gasteiger charge is -1.93. The van der Waals surface area contributed by atoms with Crippen LogP contribution < -0.4 is 11.3 Å². The van der Waals surface area contributed by atoms with E-state index in [1.165, 1.54) is 0 Å². The highest BCUT2D eigenvalue weighted by atomic mass is 15.2. The highest BCUT2D eigenvalue weighted by Crippen LogP contribution is 1.67. The van der Waals surface area contributed by atoms with Crippen LogP contribution in [0.3, 0.4) is 0 Å². The number of aromatic nitrogens is 2. The topological polar surface area (TPSA) is 56.2 Å². The van der Waals surface area contributed by atoms with Crippen molar-refractivity contribution < 1.29 is 0 Å².